The van der Waals surface area contributed by atoms with Crippen molar-refractivity contribution in [1.29, 1.82) is 0 Å². The number of hydrogen-bond donors (Lipinski definition) is 1. The molecule has 1 N–H and O–H groups in total. The number of nitro groups is 1. The van der Waals surface area contributed by atoms with Crippen LogP contribution >= 0.6 is 0 Å². The summed E-state index contributed by atoms with van der Waals surface area (Å²) in [5.41, 5.74) is 0.614. The summed E-state index contributed by atoms with van der Waals surface area (Å²) < 4.78 is 26.7. The van der Waals surface area contributed by atoms with Gasteiger partial charge in [-0.1, -0.05) is 12.1 Å². The molecule has 0 saturated carbocycles. The van der Waals surface area contributed by atoms with Crippen molar-refractivity contribution in [3.05, 3.63) is 69.8 Å². The normalized spacial score (nSPS) is 12.2. The van der Waals surface area contributed by atoms with E-state index in [-0.39, 0.29) is 29.8 Å². The summed E-state index contributed by atoms with van der Waals surface area (Å²) >= 11 is 0. The van der Waals surface area contributed by atoms with Gasteiger partial charge in [-0.15, -0.1) is 0 Å². The van der Waals surface area contributed by atoms with E-state index in [9.17, 15) is 18.9 Å². The Kier molecular flexibility index (Phi) is 5.23. The Balaban J connectivity index is 2.23. The number of nitro benzene ring substituents is 1. The van der Waals surface area contributed by atoms with Crippen molar-refractivity contribution in [2.24, 2.45) is 0 Å². The van der Waals surface area contributed by atoms with Crippen LogP contribution in [0, 0.1) is 21.7 Å². The Hall–Kier alpha value is -2.54. The van der Waals surface area contributed by atoms with Gasteiger partial charge in [0.1, 0.15) is 17.3 Å². The summed E-state index contributed by atoms with van der Waals surface area (Å²) in [6, 6.07) is 9.14. The van der Waals surface area contributed by atoms with E-state index >= 15 is 0 Å². The molecule has 7 heteroatoms. The molecule has 23 heavy (non-hydrogen) atoms. The van der Waals surface area contributed by atoms with E-state index < -0.39 is 10.7 Å². The number of rotatable bonds is 6. The first kappa shape index (κ1) is 16.8. The van der Waals surface area contributed by atoms with Gasteiger partial charge < -0.3 is 10.2 Å². The van der Waals surface area contributed by atoms with Gasteiger partial charge in [-0.05, 0) is 37.9 Å². The average molecular weight is 321 g/mol. The third kappa shape index (κ3) is 4.23. The van der Waals surface area contributed by atoms with Crippen LogP contribution in [0.3, 0.4) is 0 Å². The van der Waals surface area contributed by atoms with Gasteiger partial charge in [0.15, 0.2) is 0 Å². The molecular formula is C16H17F2N3O2. The van der Waals surface area contributed by atoms with Gasteiger partial charge in [0, 0.05) is 18.7 Å². The first-order chi connectivity index (χ1) is 10.9. The van der Waals surface area contributed by atoms with Crippen LogP contribution in [-0.2, 0) is 0 Å². The molecule has 1 unspecified atom stereocenters. The summed E-state index contributed by atoms with van der Waals surface area (Å²) in [6.07, 6.45) is 0. The van der Waals surface area contributed by atoms with Crippen LogP contribution < -0.4 is 5.32 Å². The van der Waals surface area contributed by atoms with E-state index in [1.165, 1.54) is 12.1 Å². The first-order valence-corrected chi connectivity index (χ1v) is 6.98. The van der Waals surface area contributed by atoms with E-state index in [1.807, 2.05) is 19.0 Å². The molecule has 0 heterocycles. The number of benzene rings is 2. The van der Waals surface area contributed by atoms with Crippen molar-refractivity contribution in [3.8, 4) is 0 Å². The minimum atomic E-state index is -0.575. The highest BCUT2D eigenvalue weighted by atomic mass is 19.1. The molecule has 0 aliphatic heterocycles. The largest absolute Gasteiger partial charge is 0.377 e. The maximum absolute atomic E-state index is 13.4. The third-order valence-electron chi connectivity index (χ3n) is 3.50. The Morgan fingerprint density at radius 2 is 1.87 bits per heavy atom. The van der Waals surface area contributed by atoms with Crippen LogP contribution in [0.25, 0.3) is 0 Å². The molecule has 0 spiro atoms. The summed E-state index contributed by atoms with van der Waals surface area (Å²) in [7, 11) is 3.63. The van der Waals surface area contributed by atoms with Crippen LogP contribution in [0.5, 0.6) is 0 Å². The van der Waals surface area contributed by atoms with Crippen molar-refractivity contribution < 1.29 is 13.7 Å². The van der Waals surface area contributed by atoms with E-state index in [0.717, 1.165) is 23.8 Å². The predicted molar refractivity (Wildman–Crippen MR) is 84.4 cm³/mol. The number of likely N-dealkylation sites (N-methyl/N-ethyl adjacent to an activating group) is 1. The van der Waals surface area contributed by atoms with Gasteiger partial charge in [0.2, 0.25) is 0 Å². The Morgan fingerprint density at radius 1 is 1.17 bits per heavy atom. The standard InChI is InChI=1S/C16H17F2N3O2/c1-20(2)16(11-4-3-5-12(17)8-11)10-19-14-9-13(18)6-7-15(14)21(22)23/h3-9,16,19H,10H2,1-2H3. The van der Waals surface area contributed by atoms with Crippen LogP contribution in [0.15, 0.2) is 42.5 Å². The number of nitrogens with zero attached hydrogens (tertiary/aromatic N) is 2. The fourth-order valence-corrected chi connectivity index (χ4v) is 2.33. The third-order valence-corrected chi connectivity index (χ3v) is 3.50. The maximum Gasteiger partial charge on any atom is 0.292 e. The van der Waals surface area contributed by atoms with E-state index in [0.29, 0.717) is 0 Å². The van der Waals surface area contributed by atoms with Crippen molar-refractivity contribution in [2.75, 3.05) is 26.0 Å². The zero-order valence-electron chi connectivity index (χ0n) is 12.8. The highest BCUT2D eigenvalue weighted by Gasteiger charge is 2.18. The molecular weight excluding hydrogens is 304 g/mol. The number of halogens is 2. The molecule has 0 aliphatic rings. The molecule has 5 nitrogen and oxygen atoms in total. The minimum absolute atomic E-state index is 0.0956. The molecule has 2 aromatic rings. The molecule has 0 aliphatic carbocycles. The second-order valence-corrected chi connectivity index (χ2v) is 5.33. The smallest absolute Gasteiger partial charge is 0.292 e. The van der Waals surface area contributed by atoms with Crippen LogP contribution in [-0.4, -0.2) is 30.5 Å². The fourth-order valence-electron chi connectivity index (χ4n) is 2.33. The lowest BCUT2D eigenvalue weighted by Gasteiger charge is -2.25. The lowest BCUT2D eigenvalue weighted by molar-refractivity contribution is -0.384. The zero-order chi connectivity index (χ0) is 17.0. The van der Waals surface area contributed by atoms with Crippen LogP contribution in [0.2, 0.25) is 0 Å². The monoisotopic (exact) mass is 321 g/mol. The van der Waals surface area contributed by atoms with Crippen LogP contribution in [0.4, 0.5) is 20.2 Å². The fraction of sp³-hybridized carbons (Fsp3) is 0.250. The summed E-state index contributed by atoms with van der Waals surface area (Å²) in [5, 5.41) is 13.9. The summed E-state index contributed by atoms with van der Waals surface area (Å²) in [6.45, 7) is 0.265. The quantitative estimate of drug-likeness (QED) is 0.652. The van der Waals surface area contributed by atoms with Gasteiger partial charge >= 0.3 is 0 Å². The van der Waals surface area contributed by atoms with Crippen molar-refractivity contribution in [1.82, 2.24) is 4.90 Å². The highest BCUT2D eigenvalue weighted by Crippen LogP contribution is 2.27. The number of anilines is 1. The molecule has 0 bridgehead atoms. The number of hydrogen-bond acceptors (Lipinski definition) is 4. The molecule has 0 radical (unpaired) electrons. The highest BCUT2D eigenvalue weighted by molar-refractivity contribution is 5.61. The second kappa shape index (κ2) is 7.15. The second-order valence-electron chi connectivity index (χ2n) is 5.33. The van der Waals surface area contributed by atoms with Gasteiger partial charge in [-0.25, -0.2) is 8.78 Å². The first-order valence-electron chi connectivity index (χ1n) is 6.98. The average Bonchev–Trinajstić information content (AvgIpc) is 2.47. The molecule has 0 aromatic heterocycles. The van der Waals surface area contributed by atoms with Gasteiger partial charge in [0.25, 0.3) is 5.69 Å². The van der Waals surface area contributed by atoms with E-state index in [4.69, 9.17) is 0 Å². The Bertz CT molecular complexity index is 707. The Morgan fingerprint density at radius 3 is 2.48 bits per heavy atom. The van der Waals surface area contributed by atoms with Crippen LogP contribution in [0.1, 0.15) is 11.6 Å². The van der Waals surface area contributed by atoms with Crippen molar-refractivity contribution in [2.45, 2.75) is 6.04 Å². The predicted octanol–water partition coefficient (Wildman–Crippen LogP) is 3.59. The molecule has 0 fully saturated rings. The van der Waals surface area contributed by atoms with Crippen molar-refractivity contribution in [3.63, 3.8) is 0 Å². The van der Waals surface area contributed by atoms with E-state index in [1.54, 1.807) is 12.1 Å². The van der Waals surface area contributed by atoms with Gasteiger partial charge in [-0.2, -0.15) is 0 Å². The molecule has 122 valence electrons. The Labute approximate surface area is 132 Å². The molecule has 0 saturated heterocycles. The summed E-state index contributed by atoms with van der Waals surface area (Å²) in [5.74, 6) is -0.920. The zero-order valence-corrected chi connectivity index (χ0v) is 12.8. The molecule has 0 amide bonds. The van der Waals surface area contributed by atoms with E-state index in [2.05, 4.69) is 5.32 Å². The van der Waals surface area contributed by atoms with Gasteiger partial charge in [-0.3, -0.25) is 10.1 Å². The van der Waals surface area contributed by atoms with Gasteiger partial charge in [0.05, 0.1) is 11.0 Å². The topological polar surface area (TPSA) is 58.4 Å². The molecule has 1 atom stereocenters. The SMILES string of the molecule is CN(C)C(CNc1cc(F)ccc1[N+](=O)[O-])c1cccc(F)c1. The molecule has 2 aromatic carbocycles. The lowest BCUT2D eigenvalue weighted by Crippen LogP contribution is -2.27. The summed E-state index contributed by atoms with van der Waals surface area (Å²) in [4.78, 5) is 12.3. The minimum Gasteiger partial charge on any atom is -0.377 e. The lowest BCUT2D eigenvalue weighted by atomic mass is 10.1. The number of nitrogens with one attached hydrogen (secondary N) is 1. The van der Waals surface area contributed by atoms with Crippen molar-refractivity contribution >= 4 is 11.4 Å². The maximum atomic E-state index is 13.4. The molecule has 2 rings (SSSR count).